The Morgan fingerprint density at radius 2 is 1.75 bits per heavy atom. The molecular weight excluding hydrogens is 725 g/mol. The fourth-order valence-corrected chi connectivity index (χ4v) is 9.29. The lowest BCUT2D eigenvalue weighted by atomic mass is 9.96. The van der Waals surface area contributed by atoms with Crippen LogP contribution in [0, 0.1) is 6.92 Å². The predicted molar refractivity (Wildman–Crippen MR) is 195 cm³/mol. The van der Waals surface area contributed by atoms with E-state index in [0.717, 1.165) is 29.9 Å². The summed E-state index contributed by atoms with van der Waals surface area (Å²) in [7, 11) is -2.17. The van der Waals surface area contributed by atoms with Crippen LogP contribution in [0.3, 0.4) is 0 Å². The number of carbonyl (C=O) groups is 3. The first-order valence-corrected chi connectivity index (χ1v) is 19.1. The number of likely N-dealkylation sites (tertiary alicyclic amines) is 1. The number of fused-ring (bicyclic) bond motifs is 1. The SMILES string of the molecule is Cc1nc(CC(N)=O)sc1S(=O)(=O)Oc1ccc(NC(=O)N([C@H]2CCC[N+](C)(Cc3ccc4c(c3)OCO4)C2)[C@@H](Cc2ccc(O)cc2)C(N)=O)cc1. The quantitative estimate of drug-likeness (QED) is 0.115. The van der Waals surface area contributed by atoms with Gasteiger partial charge in [-0.1, -0.05) is 12.1 Å². The number of aryl methyl sites for hydroxylation is 1. The number of phenols is 1. The van der Waals surface area contributed by atoms with Crippen molar-refractivity contribution in [2.45, 2.75) is 55.4 Å². The van der Waals surface area contributed by atoms with Crippen molar-refractivity contribution in [3.05, 3.63) is 88.6 Å². The van der Waals surface area contributed by atoms with Crippen LogP contribution in [0.1, 0.15) is 34.7 Å². The first-order valence-electron chi connectivity index (χ1n) is 16.9. The lowest BCUT2D eigenvalue weighted by Gasteiger charge is -2.46. The van der Waals surface area contributed by atoms with Gasteiger partial charge < -0.3 is 44.9 Å². The van der Waals surface area contributed by atoms with E-state index in [0.29, 0.717) is 46.7 Å². The van der Waals surface area contributed by atoms with E-state index in [1.165, 1.54) is 48.2 Å². The Kier molecular flexibility index (Phi) is 10.8. The number of piperidine rings is 1. The van der Waals surface area contributed by atoms with E-state index in [4.69, 9.17) is 25.1 Å². The molecule has 6 rings (SSSR count). The fourth-order valence-electron chi connectivity index (χ4n) is 6.84. The third-order valence-corrected chi connectivity index (χ3v) is 12.2. The molecule has 0 saturated carbocycles. The Morgan fingerprint density at radius 3 is 2.45 bits per heavy atom. The highest BCUT2D eigenvalue weighted by molar-refractivity contribution is 7.89. The zero-order chi connectivity index (χ0) is 37.9. The van der Waals surface area contributed by atoms with E-state index in [1.54, 1.807) is 12.1 Å². The Balaban J connectivity index is 1.22. The number of likely N-dealkylation sites (N-methyl/N-ethyl adjacent to an activating group) is 1. The van der Waals surface area contributed by atoms with Crippen molar-refractivity contribution in [1.82, 2.24) is 9.88 Å². The number of rotatable bonds is 13. The Morgan fingerprint density at radius 1 is 1.06 bits per heavy atom. The highest BCUT2D eigenvalue weighted by Gasteiger charge is 2.41. The molecule has 1 fully saturated rings. The molecule has 3 aromatic carbocycles. The smallest absolute Gasteiger partial charge is 0.350 e. The summed E-state index contributed by atoms with van der Waals surface area (Å²) in [5, 5.41) is 13.0. The summed E-state index contributed by atoms with van der Waals surface area (Å²) in [4.78, 5) is 44.4. The summed E-state index contributed by atoms with van der Waals surface area (Å²) in [6.07, 6.45) is 1.33. The van der Waals surface area contributed by atoms with E-state index >= 15 is 0 Å². The molecule has 4 aromatic rings. The van der Waals surface area contributed by atoms with Gasteiger partial charge in [-0.25, -0.2) is 9.78 Å². The lowest BCUT2D eigenvalue weighted by Crippen LogP contribution is -2.62. The van der Waals surface area contributed by atoms with Crippen LogP contribution in [0.4, 0.5) is 10.5 Å². The normalized spacial score (nSPS) is 18.6. The minimum Gasteiger partial charge on any atom is -0.508 e. The molecule has 1 unspecified atom stereocenters. The van der Waals surface area contributed by atoms with E-state index in [2.05, 4.69) is 17.3 Å². The Hall–Kier alpha value is -5.39. The minimum atomic E-state index is -4.29. The number of nitrogens with zero attached hydrogens (tertiary/aromatic N) is 3. The van der Waals surface area contributed by atoms with Crippen LogP contribution >= 0.6 is 11.3 Å². The number of carbonyl (C=O) groups excluding carboxylic acids is 3. The molecule has 3 atom stereocenters. The van der Waals surface area contributed by atoms with Crippen molar-refractivity contribution in [3.8, 4) is 23.0 Å². The highest BCUT2D eigenvalue weighted by atomic mass is 32.3. The number of amides is 4. The van der Waals surface area contributed by atoms with Gasteiger partial charge >= 0.3 is 16.1 Å². The lowest BCUT2D eigenvalue weighted by molar-refractivity contribution is -0.928. The van der Waals surface area contributed by atoms with Gasteiger partial charge in [0.2, 0.25) is 18.6 Å². The van der Waals surface area contributed by atoms with Crippen molar-refractivity contribution >= 4 is 45.0 Å². The van der Waals surface area contributed by atoms with Crippen LogP contribution in [0.15, 0.2) is 70.9 Å². The van der Waals surface area contributed by atoms with Crippen molar-refractivity contribution in [2.24, 2.45) is 11.5 Å². The third kappa shape index (κ3) is 8.98. The highest BCUT2D eigenvalue weighted by Crippen LogP contribution is 2.35. The number of thiazole rings is 1. The van der Waals surface area contributed by atoms with Crippen molar-refractivity contribution in [1.29, 1.82) is 0 Å². The van der Waals surface area contributed by atoms with E-state index in [1.807, 2.05) is 18.2 Å². The second kappa shape index (κ2) is 15.3. The van der Waals surface area contributed by atoms with Crippen LogP contribution in [0.2, 0.25) is 0 Å². The van der Waals surface area contributed by atoms with Crippen molar-refractivity contribution in [3.63, 3.8) is 0 Å². The molecule has 1 aromatic heterocycles. The molecular formula is C36H41N6O9S2+. The molecule has 3 heterocycles. The van der Waals surface area contributed by atoms with Gasteiger partial charge in [0, 0.05) is 17.7 Å². The summed E-state index contributed by atoms with van der Waals surface area (Å²) < 4.78 is 43.0. The topological polar surface area (TPSA) is 213 Å². The first-order chi connectivity index (χ1) is 25.2. The summed E-state index contributed by atoms with van der Waals surface area (Å²) in [5.74, 6) is 0.109. The minimum absolute atomic E-state index is 0.0182. The molecule has 280 valence electrons. The molecule has 15 nitrogen and oxygen atoms in total. The molecule has 6 N–H and O–H groups in total. The number of hydrogen-bond acceptors (Lipinski definition) is 11. The van der Waals surface area contributed by atoms with E-state index < -0.39 is 34.0 Å². The predicted octanol–water partition coefficient (Wildman–Crippen LogP) is 3.42. The number of nitrogens with two attached hydrogens (primary N) is 2. The number of aromatic hydroxyl groups is 1. The summed E-state index contributed by atoms with van der Waals surface area (Å²) in [5.41, 5.74) is 13.5. The molecule has 0 aliphatic carbocycles. The molecule has 17 heteroatoms. The molecule has 1 saturated heterocycles. The van der Waals surface area contributed by atoms with Gasteiger partial charge in [0.1, 0.15) is 29.1 Å². The van der Waals surface area contributed by atoms with E-state index in [-0.39, 0.29) is 52.1 Å². The fraction of sp³-hybridized carbons (Fsp3) is 0.333. The van der Waals surface area contributed by atoms with E-state index in [9.17, 15) is 27.9 Å². The molecule has 0 bridgehead atoms. The average molecular weight is 766 g/mol. The number of urea groups is 1. The zero-order valence-electron chi connectivity index (χ0n) is 29.2. The molecule has 2 aliphatic heterocycles. The molecule has 0 radical (unpaired) electrons. The average Bonchev–Trinajstić information content (AvgIpc) is 3.71. The maximum Gasteiger partial charge on any atom is 0.350 e. The van der Waals surface area contributed by atoms with Crippen LogP contribution in [-0.4, -0.2) is 84.8 Å². The monoisotopic (exact) mass is 765 g/mol. The number of phenolic OH excluding ortho intramolecular Hbond substituents is 1. The number of ether oxygens (including phenoxy) is 2. The zero-order valence-corrected chi connectivity index (χ0v) is 30.8. The van der Waals surface area contributed by atoms with Crippen LogP contribution in [-0.2, 0) is 39.1 Å². The van der Waals surface area contributed by atoms with Crippen LogP contribution < -0.4 is 30.4 Å². The second-order valence-corrected chi connectivity index (χ2v) is 16.3. The molecule has 0 spiro atoms. The number of benzene rings is 3. The largest absolute Gasteiger partial charge is 0.508 e. The van der Waals surface area contributed by atoms with Gasteiger partial charge in [0.05, 0.1) is 38.3 Å². The first kappa shape index (κ1) is 37.4. The standard InChI is InChI=1S/C36H40N6O9S2/c1-22-35(52-33(39-22)18-32(37)44)53(47,48)51-28-12-8-25(9-13-28)40-36(46)41(29(34(38)45)16-23-5-10-27(43)11-6-23)26-4-3-15-42(2,20-26)19-24-7-14-30-31(17-24)50-21-49-30/h5-14,17,26,29H,3-4,15-16,18-21H2,1-2H3,(H5-,37,38,40,43,44,45,46)/p+1/t26-,29-,42?/m0/s1. The van der Waals surface area contributed by atoms with Crippen molar-refractivity contribution < 1.29 is 46.0 Å². The number of anilines is 1. The number of primary amides is 2. The number of hydrogen-bond donors (Lipinski definition) is 4. The molecule has 4 amide bonds. The van der Waals surface area contributed by atoms with Crippen LogP contribution in [0.5, 0.6) is 23.0 Å². The Bertz CT molecular complexity index is 2110. The van der Waals surface area contributed by atoms with Gasteiger partial charge in [0.15, 0.2) is 15.7 Å². The van der Waals surface area contributed by atoms with Gasteiger partial charge in [-0.2, -0.15) is 8.42 Å². The summed E-state index contributed by atoms with van der Waals surface area (Å²) in [6, 6.07) is 16.0. The summed E-state index contributed by atoms with van der Waals surface area (Å²) in [6.45, 7) is 3.70. The number of aromatic nitrogens is 1. The van der Waals surface area contributed by atoms with Gasteiger partial charge in [-0.3, -0.25) is 9.59 Å². The van der Waals surface area contributed by atoms with Crippen LogP contribution in [0.25, 0.3) is 0 Å². The molecule has 2 aliphatic rings. The maximum absolute atomic E-state index is 14.3. The maximum atomic E-state index is 14.3. The summed E-state index contributed by atoms with van der Waals surface area (Å²) >= 11 is 0.804. The molecule has 53 heavy (non-hydrogen) atoms. The third-order valence-electron chi connectivity index (χ3n) is 9.21. The van der Waals surface area contributed by atoms with Gasteiger partial charge in [-0.15, -0.1) is 11.3 Å². The van der Waals surface area contributed by atoms with Crippen molar-refractivity contribution in [2.75, 3.05) is 32.2 Å². The second-order valence-electron chi connectivity index (χ2n) is 13.5. The van der Waals surface area contributed by atoms with Gasteiger partial charge in [-0.05, 0) is 79.9 Å². The number of quaternary nitrogens is 1. The number of nitrogens with one attached hydrogen (secondary N) is 1. The van der Waals surface area contributed by atoms with Gasteiger partial charge in [0.25, 0.3) is 0 Å². The Labute approximate surface area is 310 Å².